The lowest BCUT2D eigenvalue weighted by Crippen LogP contribution is -2.01. The summed E-state index contributed by atoms with van der Waals surface area (Å²) in [5.41, 5.74) is 2.42. The van der Waals surface area contributed by atoms with Gasteiger partial charge in [-0.3, -0.25) is 4.99 Å². The second-order valence-electron chi connectivity index (χ2n) is 2.74. The lowest BCUT2D eigenvalue weighted by molar-refractivity contribution is 0.805. The van der Waals surface area contributed by atoms with Crippen LogP contribution in [-0.2, 0) is 0 Å². The third-order valence-electron chi connectivity index (χ3n) is 1.68. The number of allylic oxidation sites excluding steroid dienone is 2. The fourth-order valence-corrected chi connectivity index (χ4v) is 1.15. The highest BCUT2D eigenvalue weighted by molar-refractivity contribution is 6.09. The van der Waals surface area contributed by atoms with Gasteiger partial charge in [-0.25, -0.2) is 0 Å². The molecular weight excluding hydrogens is 122 g/mol. The smallest absolute Gasteiger partial charge is 0.0604 e. The molecule has 54 valence electrons. The van der Waals surface area contributed by atoms with E-state index in [-0.39, 0.29) is 0 Å². The van der Waals surface area contributed by atoms with Crippen molar-refractivity contribution in [1.82, 2.24) is 0 Å². The monoisotopic (exact) mass is 135 g/mol. The van der Waals surface area contributed by atoms with Gasteiger partial charge in [0.15, 0.2) is 0 Å². The first-order chi connectivity index (χ1) is 4.75. The van der Waals surface area contributed by atoms with Crippen LogP contribution in [0.2, 0.25) is 0 Å². The molecule has 0 aromatic heterocycles. The van der Waals surface area contributed by atoms with E-state index in [4.69, 9.17) is 0 Å². The minimum Gasteiger partial charge on any atom is -0.281 e. The molecule has 0 spiro atoms. The van der Waals surface area contributed by atoms with Crippen molar-refractivity contribution in [2.45, 2.75) is 13.8 Å². The molecule has 0 unspecified atom stereocenters. The summed E-state index contributed by atoms with van der Waals surface area (Å²) >= 11 is 0. The zero-order valence-electron chi connectivity index (χ0n) is 6.59. The van der Waals surface area contributed by atoms with Crippen LogP contribution in [0.4, 0.5) is 0 Å². The Labute approximate surface area is 62.2 Å². The fourth-order valence-electron chi connectivity index (χ4n) is 1.15. The van der Waals surface area contributed by atoms with Gasteiger partial charge in [0.2, 0.25) is 0 Å². The molecule has 0 amide bonds. The number of nitrogens with zero attached hydrogens (tertiary/aromatic N) is 1. The molecule has 0 aromatic rings. The van der Waals surface area contributed by atoms with Gasteiger partial charge in [0.1, 0.15) is 0 Å². The highest BCUT2D eigenvalue weighted by Crippen LogP contribution is 2.16. The highest BCUT2D eigenvalue weighted by atomic mass is 14.7. The summed E-state index contributed by atoms with van der Waals surface area (Å²) in [5, 5.41) is 0. The minimum atomic E-state index is 0.583. The molecule has 0 saturated carbocycles. The van der Waals surface area contributed by atoms with Crippen LogP contribution >= 0.6 is 0 Å². The molecule has 0 atom stereocenters. The molecule has 0 aromatic carbocycles. The van der Waals surface area contributed by atoms with Crippen molar-refractivity contribution in [2.24, 2.45) is 10.9 Å². The van der Waals surface area contributed by atoms with Gasteiger partial charge in [-0.15, -0.1) is 0 Å². The summed E-state index contributed by atoms with van der Waals surface area (Å²) in [4.78, 5) is 4.26. The zero-order chi connectivity index (χ0) is 7.56. The van der Waals surface area contributed by atoms with Gasteiger partial charge in [-0.1, -0.05) is 26.5 Å². The van der Waals surface area contributed by atoms with Crippen LogP contribution in [0.1, 0.15) is 13.8 Å². The largest absolute Gasteiger partial charge is 0.281 e. The van der Waals surface area contributed by atoms with E-state index in [1.54, 1.807) is 0 Å². The van der Waals surface area contributed by atoms with Gasteiger partial charge in [0.25, 0.3) is 0 Å². The molecule has 0 radical (unpaired) electrons. The van der Waals surface area contributed by atoms with E-state index in [1.165, 1.54) is 5.57 Å². The predicted octanol–water partition coefficient (Wildman–Crippen LogP) is 2.21. The highest BCUT2D eigenvalue weighted by Gasteiger charge is 2.10. The van der Waals surface area contributed by atoms with Crippen LogP contribution in [0, 0.1) is 5.92 Å². The lowest BCUT2D eigenvalue weighted by atomic mass is 10.00. The Morgan fingerprint density at radius 2 is 2.40 bits per heavy atom. The van der Waals surface area contributed by atoms with Gasteiger partial charge < -0.3 is 0 Å². The topological polar surface area (TPSA) is 12.4 Å². The van der Waals surface area contributed by atoms with Crippen molar-refractivity contribution < 1.29 is 0 Å². The Hall–Kier alpha value is -0.850. The molecule has 0 saturated heterocycles. The summed E-state index contributed by atoms with van der Waals surface area (Å²) in [5.74, 6) is 0.583. The lowest BCUT2D eigenvalue weighted by Gasteiger charge is -2.05. The third kappa shape index (κ3) is 1.18. The zero-order valence-corrected chi connectivity index (χ0v) is 6.59. The standard InChI is InChI=1S/C9H13N/c1-4-9-8(7(2)3)5-6-10-9/h4-5,7H,1,6H2,2-3H3. The Morgan fingerprint density at radius 3 is 2.80 bits per heavy atom. The van der Waals surface area contributed by atoms with Crippen LogP contribution in [0.15, 0.2) is 29.3 Å². The SMILES string of the molecule is C=CC1=NCC=C1C(C)C. The van der Waals surface area contributed by atoms with Crippen molar-refractivity contribution in [3.63, 3.8) is 0 Å². The molecule has 0 bridgehead atoms. The van der Waals surface area contributed by atoms with Crippen molar-refractivity contribution in [3.8, 4) is 0 Å². The van der Waals surface area contributed by atoms with E-state index < -0.39 is 0 Å². The maximum Gasteiger partial charge on any atom is 0.0604 e. The molecule has 0 aliphatic carbocycles. The van der Waals surface area contributed by atoms with E-state index >= 15 is 0 Å². The van der Waals surface area contributed by atoms with Crippen LogP contribution in [0.3, 0.4) is 0 Å². The molecule has 0 fully saturated rings. The van der Waals surface area contributed by atoms with Crippen LogP contribution < -0.4 is 0 Å². The predicted molar refractivity (Wildman–Crippen MR) is 45.4 cm³/mol. The van der Waals surface area contributed by atoms with Crippen LogP contribution in [-0.4, -0.2) is 12.3 Å². The van der Waals surface area contributed by atoms with Crippen LogP contribution in [0.5, 0.6) is 0 Å². The average molecular weight is 135 g/mol. The third-order valence-corrected chi connectivity index (χ3v) is 1.68. The van der Waals surface area contributed by atoms with Crippen molar-refractivity contribution in [1.29, 1.82) is 0 Å². The van der Waals surface area contributed by atoms with Gasteiger partial charge in [-0.2, -0.15) is 0 Å². The van der Waals surface area contributed by atoms with Gasteiger partial charge in [0, 0.05) is 0 Å². The van der Waals surface area contributed by atoms with E-state index in [1.807, 2.05) is 6.08 Å². The summed E-state index contributed by atoms with van der Waals surface area (Å²) in [6.45, 7) is 8.90. The first-order valence-electron chi connectivity index (χ1n) is 3.63. The molecule has 0 N–H and O–H groups in total. The molecule has 1 aliphatic heterocycles. The Kier molecular flexibility index (Phi) is 2.05. The molecule has 1 heteroatoms. The first kappa shape index (κ1) is 7.26. The quantitative estimate of drug-likeness (QED) is 0.550. The van der Waals surface area contributed by atoms with E-state index in [0.717, 1.165) is 12.3 Å². The van der Waals surface area contributed by atoms with E-state index in [9.17, 15) is 0 Å². The normalized spacial score (nSPS) is 17.1. The summed E-state index contributed by atoms with van der Waals surface area (Å²) in [7, 11) is 0. The van der Waals surface area contributed by atoms with E-state index in [2.05, 4.69) is 31.5 Å². The second-order valence-corrected chi connectivity index (χ2v) is 2.74. The number of hydrogen-bond acceptors (Lipinski definition) is 1. The summed E-state index contributed by atoms with van der Waals surface area (Å²) in [6.07, 6.45) is 4.00. The van der Waals surface area contributed by atoms with E-state index in [0.29, 0.717) is 5.92 Å². The molecule has 1 nitrogen and oxygen atoms in total. The Bertz CT molecular complexity index is 197. The minimum absolute atomic E-state index is 0.583. The maximum atomic E-state index is 4.26. The molecule has 10 heavy (non-hydrogen) atoms. The van der Waals surface area contributed by atoms with Crippen molar-refractivity contribution in [2.75, 3.05) is 6.54 Å². The first-order valence-corrected chi connectivity index (χ1v) is 3.63. The van der Waals surface area contributed by atoms with Gasteiger partial charge in [-0.05, 0) is 17.6 Å². The molecular formula is C9H13N. The molecule has 1 aliphatic rings. The number of hydrogen-bond donors (Lipinski definition) is 0. The summed E-state index contributed by atoms with van der Waals surface area (Å²) < 4.78 is 0. The average Bonchev–Trinajstić information content (AvgIpc) is 2.33. The molecule has 1 heterocycles. The number of aliphatic imine (C=N–C) groups is 1. The van der Waals surface area contributed by atoms with Crippen molar-refractivity contribution >= 4 is 5.71 Å². The van der Waals surface area contributed by atoms with Crippen LogP contribution in [0.25, 0.3) is 0 Å². The maximum absolute atomic E-state index is 4.26. The van der Waals surface area contributed by atoms with Gasteiger partial charge in [0.05, 0.1) is 12.3 Å². The molecule has 1 rings (SSSR count). The van der Waals surface area contributed by atoms with Crippen molar-refractivity contribution in [3.05, 3.63) is 24.3 Å². The summed E-state index contributed by atoms with van der Waals surface area (Å²) in [6, 6.07) is 0. The second kappa shape index (κ2) is 2.82. The Balaban J connectivity index is 2.79. The number of rotatable bonds is 2. The Morgan fingerprint density at radius 1 is 1.70 bits per heavy atom. The fraction of sp³-hybridized carbons (Fsp3) is 0.444. The van der Waals surface area contributed by atoms with Gasteiger partial charge >= 0.3 is 0 Å².